The van der Waals surface area contributed by atoms with Gasteiger partial charge in [0.2, 0.25) is 0 Å². The van der Waals surface area contributed by atoms with E-state index >= 15 is 0 Å². The van der Waals surface area contributed by atoms with Crippen molar-refractivity contribution in [3.05, 3.63) is 0 Å². The topological polar surface area (TPSA) is 70.1 Å². The van der Waals surface area contributed by atoms with Crippen molar-refractivity contribution in [3.8, 4) is 0 Å². The number of likely N-dealkylation sites (N-methyl/N-ethyl adjacent to an activating group) is 1. The summed E-state index contributed by atoms with van der Waals surface area (Å²) in [5.74, 6) is -0.927. The number of methoxy groups -OCH3 is 1. The molecule has 17 heavy (non-hydrogen) atoms. The molecule has 2 atom stereocenters. The molecule has 98 valence electrons. The Morgan fingerprint density at radius 2 is 2.24 bits per heavy atom. The summed E-state index contributed by atoms with van der Waals surface area (Å²) in [6, 6.07) is -0.985. The zero-order valence-electron chi connectivity index (χ0n) is 10.5. The van der Waals surface area contributed by atoms with Crippen LogP contribution in [0.3, 0.4) is 0 Å². The molecule has 2 unspecified atom stereocenters. The Labute approximate surface area is 101 Å². The molecule has 1 rings (SSSR count). The lowest BCUT2D eigenvalue weighted by Crippen LogP contribution is -2.50. The molecule has 2 amide bonds. The van der Waals surface area contributed by atoms with Crippen molar-refractivity contribution < 1.29 is 19.4 Å². The molecule has 0 aliphatic carbocycles. The molecule has 1 N–H and O–H groups in total. The number of urea groups is 1. The second kappa shape index (κ2) is 5.86. The number of hydrogen-bond donors (Lipinski definition) is 1. The Kier molecular flexibility index (Phi) is 4.74. The van der Waals surface area contributed by atoms with E-state index in [-0.39, 0.29) is 12.1 Å². The minimum atomic E-state index is -0.927. The highest BCUT2D eigenvalue weighted by molar-refractivity contribution is 5.83. The number of carbonyl (C=O) groups excluding carboxylic acids is 1. The van der Waals surface area contributed by atoms with Crippen LogP contribution in [0.15, 0.2) is 0 Å². The molecule has 6 heteroatoms. The maximum atomic E-state index is 12.1. The molecule has 0 saturated carbocycles. The van der Waals surface area contributed by atoms with Crippen LogP contribution in [0.1, 0.15) is 19.8 Å². The number of hydrogen-bond acceptors (Lipinski definition) is 3. The number of rotatable bonds is 4. The SMILES string of the molecule is COCC(C)N(C)C(=O)N1CCCC1C(=O)O. The first-order valence-electron chi connectivity index (χ1n) is 5.74. The summed E-state index contributed by atoms with van der Waals surface area (Å²) in [5, 5.41) is 9.02. The molecule has 0 bridgehead atoms. The summed E-state index contributed by atoms with van der Waals surface area (Å²) < 4.78 is 4.98. The standard InChI is InChI=1S/C11H20N2O4/c1-8(7-17-3)12(2)11(16)13-6-4-5-9(13)10(14)15/h8-9H,4-7H2,1-3H3,(H,14,15). The summed E-state index contributed by atoms with van der Waals surface area (Å²) in [7, 11) is 3.24. The monoisotopic (exact) mass is 244 g/mol. The van der Waals surface area contributed by atoms with Crippen molar-refractivity contribution in [1.82, 2.24) is 9.80 Å². The molecular formula is C11H20N2O4. The lowest BCUT2D eigenvalue weighted by atomic mass is 10.2. The maximum absolute atomic E-state index is 12.1. The van der Waals surface area contributed by atoms with Crippen LogP contribution in [0.4, 0.5) is 4.79 Å². The van der Waals surface area contributed by atoms with E-state index in [1.807, 2.05) is 6.92 Å². The lowest BCUT2D eigenvalue weighted by molar-refractivity contribution is -0.141. The highest BCUT2D eigenvalue weighted by Crippen LogP contribution is 2.19. The van der Waals surface area contributed by atoms with E-state index in [4.69, 9.17) is 9.84 Å². The van der Waals surface area contributed by atoms with Crippen LogP contribution in [0.25, 0.3) is 0 Å². The largest absolute Gasteiger partial charge is 0.480 e. The molecule has 1 fully saturated rings. The van der Waals surface area contributed by atoms with E-state index in [0.717, 1.165) is 6.42 Å². The summed E-state index contributed by atoms with van der Waals surface area (Å²) >= 11 is 0. The van der Waals surface area contributed by atoms with E-state index in [9.17, 15) is 9.59 Å². The zero-order chi connectivity index (χ0) is 13.0. The van der Waals surface area contributed by atoms with E-state index in [0.29, 0.717) is 19.6 Å². The van der Waals surface area contributed by atoms with Gasteiger partial charge in [-0.3, -0.25) is 0 Å². The molecule has 0 aromatic heterocycles. The number of carboxylic acid groups (broad SMARTS) is 1. The number of aliphatic carboxylic acids is 1. The van der Waals surface area contributed by atoms with E-state index < -0.39 is 12.0 Å². The number of amides is 2. The molecule has 6 nitrogen and oxygen atoms in total. The van der Waals surface area contributed by atoms with Gasteiger partial charge in [-0.2, -0.15) is 0 Å². The molecule has 0 spiro atoms. The Morgan fingerprint density at radius 1 is 1.59 bits per heavy atom. The molecule has 1 heterocycles. The predicted octanol–water partition coefficient (Wildman–Crippen LogP) is 0.622. The molecule has 1 aliphatic rings. The Balaban J connectivity index is 2.65. The minimum Gasteiger partial charge on any atom is -0.480 e. The van der Waals surface area contributed by atoms with Gasteiger partial charge in [0.25, 0.3) is 0 Å². The highest BCUT2D eigenvalue weighted by Gasteiger charge is 2.36. The predicted molar refractivity (Wildman–Crippen MR) is 61.9 cm³/mol. The molecular weight excluding hydrogens is 224 g/mol. The number of carbonyl (C=O) groups is 2. The van der Waals surface area contributed by atoms with Crippen LogP contribution in [0, 0.1) is 0 Å². The Morgan fingerprint density at radius 3 is 2.76 bits per heavy atom. The average Bonchev–Trinajstić information content (AvgIpc) is 2.76. The number of likely N-dealkylation sites (tertiary alicyclic amines) is 1. The first kappa shape index (κ1) is 13.8. The highest BCUT2D eigenvalue weighted by atomic mass is 16.5. The van der Waals surface area contributed by atoms with Gasteiger partial charge in [-0.05, 0) is 19.8 Å². The molecule has 0 aromatic rings. The van der Waals surface area contributed by atoms with Gasteiger partial charge in [-0.1, -0.05) is 0 Å². The maximum Gasteiger partial charge on any atom is 0.326 e. The molecule has 0 aromatic carbocycles. The number of ether oxygens (including phenoxy) is 1. The van der Waals surface area contributed by atoms with E-state index in [1.165, 1.54) is 9.80 Å². The van der Waals surface area contributed by atoms with Crippen LogP contribution in [-0.4, -0.2) is 66.3 Å². The van der Waals surface area contributed by atoms with E-state index in [2.05, 4.69) is 0 Å². The van der Waals surface area contributed by atoms with Gasteiger partial charge in [0.05, 0.1) is 12.6 Å². The third-order valence-electron chi connectivity index (χ3n) is 3.15. The van der Waals surface area contributed by atoms with Gasteiger partial charge in [0, 0.05) is 20.7 Å². The van der Waals surface area contributed by atoms with Crippen molar-refractivity contribution in [3.63, 3.8) is 0 Å². The van der Waals surface area contributed by atoms with Crippen molar-refractivity contribution in [2.45, 2.75) is 31.8 Å². The van der Waals surface area contributed by atoms with Gasteiger partial charge in [-0.15, -0.1) is 0 Å². The third kappa shape index (κ3) is 3.09. The van der Waals surface area contributed by atoms with Gasteiger partial charge in [0.15, 0.2) is 0 Å². The van der Waals surface area contributed by atoms with Crippen LogP contribution in [0.2, 0.25) is 0 Å². The Hall–Kier alpha value is -1.30. The fourth-order valence-electron chi connectivity index (χ4n) is 2.00. The average molecular weight is 244 g/mol. The van der Waals surface area contributed by atoms with Crippen LogP contribution < -0.4 is 0 Å². The van der Waals surface area contributed by atoms with Crippen molar-refractivity contribution >= 4 is 12.0 Å². The third-order valence-corrected chi connectivity index (χ3v) is 3.15. The summed E-state index contributed by atoms with van der Waals surface area (Å²) in [6.45, 7) is 2.82. The van der Waals surface area contributed by atoms with Crippen molar-refractivity contribution in [2.75, 3.05) is 27.3 Å². The summed E-state index contributed by atoms with van der Waals surface area (Å²) in [4.78, 5) is 26.1. The second-order valence-corrected chi connectivity index (χ2v) is 4.39. The van der Waals surface area contributed by atoms with Crippen LogP contribution >= 0.6 is 0 Å². The minimum absolute atomic E-state index is 0.0671. The van der Waals surface area contributed by atoms with Gasteiger partial charge in [-0.25, -0.2) is 9.59 Å². The lowest BCUT2D eigenvalue weighted by Gasteiger charge is -2.31. The normalized spacial score (nSPS) is 21.4. The molecule has 1 saturated heterocycles. The fraction of sp³-hybridized carbons (Fsp3) is 0.818. The fourth-order valence-corrected chi connectivity index (χ4v) is 2.00. The van der Waals surface area contributed by atoms with Crippen LogP contribution in [-0.2, 0) is 9.53 Å². The zero-order valence-corrected chi connectivity index (χ0v) is 10.5. The quantitative estimate of drug-likeness (QED) is 0.787. The van der Waals surface area contributed by atoms with Crippen LogP contribution in [0.5, 0.6) is 0 Å². The first-order chi connectivity index (χ1) is 7.99. The Bertz CT molecular complexity index is 295. The van der Waals surface area contributed by atoms with Gasteiger partial charge in [0.1, 0.15) is 6.04 Å². The van der Waals surface area contributed by atoms with Crippen molar-refractivity contribution in [2.24, 2.45) is 0 Å². The van der Waals surface area contributed by atoms with E-state index in [1.54, 1.807) is 14.2 Å². The van der Waals surface area contributed by atoms with Gasteiger partial charge >= 0.3 is 12.0 Å². The molecule has 1 aliphatic heterocycles. The second-order valence-electron chi connectivity index (χ2n) is 4.39. The molecule has 0 radical (unpaired) electrons. The smallest absolute Gasteiger partial charge is 0.326 e. The number of nitrogens with zero attached hydrogens (tertiary/aromatic N) is 2. The summed E-state index contributed by atoms with van der Waals surface area (Å²) in [5.41, 5.74) is 0. The summed E-state index contributed by atoms with van der Waals surface area (Å²) in [6.07, 6.45) is 1.28. The van der Waals surface area contributed by atoms with Crippen molar-refractivity contribution in [1.29, 1.82) is 0 Å². The first-order valence-corrected chi connectivity index (χ1v) is 5.74. The number of carboxylic acids is 1. The van der Waals surface area contributed by atoms with Gasteiger partial charge < -0.3 is 19.6 Å².